The van der Waals surface area contributed by atoms with Gasteiger partial charge in [0, 0.05) is 12.0 Å². The van der Waals surface area contributed by atoms with Gasteiger partial charge in [0.2, 0.25) is 0 Å². The van der Waals surface area contributed by atoms with Gasteiger partial charge in [-0.2, -0.15) is 0 Å². The van der Waals surface area contributed by atoms with Crippen LogP contribution in [0.4, 0.5) is 0 Å². The maximum absolute atomic E-state index is 6.17. The van der Waals surface area contributed by atoms with Gasteiger partial charge in [-0.05, 0) is 46.1 Å². The van der Waals surface area contributed by atoms with Crippen LogP contribution in [-0.2, 0) is 11.2 Å². The highest BCUT2D eigenvalue weighted by Crippen LogP contribution is 2.43. The molecule has 0 saturated carbocycles. The molecule has 3 heteroatoms. The van der Waals surface area contributed by atoms with Crippen molar-refractivity contribution in [3.63, 3.8) is 0 Å². The molecule has 2 unspecified atom stereocenters. The number of rotatable bonds is 4. The summed E-state index contributed by atoms with van der Waals surface area (Å²) in [7, 11) is 0. The molecule has 1 aliphatic heterocycles. The van der Waals surface area contributed by atoms with E-state index in [0.29, 0.717) is 5.92 Å². The fourth-order valence-electron chi connectivity index (χ4n) is 3.42. The van der Waals surface area contributed by atoms with E-state index in [1.54, 1.807) is 0 Å². The fourth-order valence-corrected chi connectivity index (χ4v) is 3.42. The number of hydrogen-bond acceptors (Lipinski definition) is 3. The first kappa shape index (κ1) is 14.5. The van der Waals surface area contributed by atoms with Crippen LogP contribution in [0.2, 0.25) is 0 Å². The van der Waals surface area contributed by atoms with Crippen LogP contribution < -0.4 is 11.3 Å². The highest BCUT2D eigenvalue weighted by molar-refractivity contribution is 5.17. The average Bonchev–Trinajstić information content (AvgIpc) is 2.55. The summed E-state index contributed by atoms with van der Waals surface area (Å²) in [6.45, 7) is 8.65. The Hall–Kier alpha value is -0.900. The molecule has 1 fully saturated rings. The van der Waals surface area contributed by atoms with Gasteiger partial charge in [-0.15, -0.1) is 0 Å². The van der Waals surface area contributed by atoms with Gasteiger partial charge in [-0.3, -0.25) is 11.3 Å². The standard InChI is InChI=1S/C16H26N2O/c1-15(2)11-13(16(3,4)19-15)14(18-17)10-12-8-6-5-7-9-12/h5-9,13-14,18H,10-11,17H2,1-4H3. The minimum absolute atomic E-state index is 0.0695. The highest BCUT2D eigenvalue weighted by atomic mass is 16.5. The number of nitrogens with two attached hydrogens (primary N) is 1. The topological polar surface area (TPSA) is 47.3 Å². The second kappa shape index (κ2) is 5.23. The quantitative estimate of drug-likeness (QED) is 0.648. The summed E-state index contributed by atoms with van der Waals surface area (Å²) in [5, 5.41) is 0. The van der Waals surface area contributed by atoms with E-state index in [1.807, 2.05) is 6.07 Å². The number of nitrogens with one attached hydrogen (secondary N) is 1. The van der Waals surface area contributed by atoms with Crippen molar-refractivity contribution in [2.24, 2.45) is 11.8 Å². The molecule has 3 nitrogen and oxygen atoms in total. The monoisotopic (exact) mass is 262 g/mol. The van der Waals surface area contributed by atoms with Gasteiger partial charge in [0.25, 0.3) is 0 Å². The normalized spacial score (nSPS) is 26.3. The lowest BCUT2D eigenvalue weighted by Gasteiger charge is -2.32. The first-order valence-corrected chi connectivity index (χ1v) is 7.04. The van der Waals surface area contributed by atoms with Crippen molar-refractivity contribution in [2.75, 3.05) is 0 Å². The smallest absolute Gasteiger partial charge is 0.0678 e. The summed E-state index contributed by atoms with van der Waals surface area (Å²) in [5.74, 6) is 6.21. The molecule has 19 heavy (non-hydrogen) atoms. The Labute approximate surface area is 116 Å². The van der Waals surface area contributed by atoms with E-state index in [1.165, 1.54) is 5.56 Å². The molecule has 0 aliphatic carbocycles. The van der Waals surface area contributed by atoms with E-state index in [9.17, 15) is 0 Å². The van der Waals surface area contributed by atoms with Crippen molar-refractivity contribution in [2.45, 2.75) is 57.8 Å². The molecular formula is C16H26N2O. The molecule has 0 spiro atoms. The van der Waals surface area contributed by atoms with Crippen LogP contribution in [0.3, 0.4) is 0 Å². The van der Waals surface area contributed by atoms with Crippen LogP contribution in [0.25, 0.3) is 0 Å². The number of ether oxygens (including phenoxy) is 1. The summed E-state index contributed by atoms with van der Waals surface area (Å²) in [4.78, 5) is 0. The Bertz CT molecular complexity index is 414. The van der Waals surface area contributed by atoms with Gasteiger partial charge in [0.15, 0.2) is 0 Å². The van der Waals surface area contributed by atoms with Crippen LogP contribution in [0.5, 0.6) is 0 Å². The Morgan fingerprint density at radius 2 is 1.89 bits per heavy atom. The van der Waals surface area contributed by atoms with Gasteiger partial charge < -0.3 is 4.74 Å². The number of benzene rings is 1. The van der Waals surface area contributed by atoms with Gasteiger partial charge in [0.1, 0.15) is 0 Å². The molecule has 2 rings (SSSR count). The third-order valence-corrected chi connectivity index (χ3v) is 4.14. The third-order valence-electron chi connectivity index (χ3n) is 4.14. The molecule has 1 aromatic rings. The molecule has 1 saturated heterocycles. The number of hydrazine groups is 1. The van der Waals surface area contributed by atoms with Gasteiger partial charge in [-0.25, -0.2) is 0 Å². The molecule has 0 radical (unpaired) electrons. The third kappa shape index (κ3) is 3.35. The van der Waals surface area contributed by atoms with Crippen LogP contribution in [-0.4, -0.2) is 17.2 Å². The largest absolute Gasteiger partial charge is 0.369 e. The SMILES string of the molecule is CC1(C)CC(C(Cc2ccccc2)NN)C(C)(C)O1. The molecule has 0 aromatic heterocycles. The molecule has 2 atom stereocenters. The summed E-state index contributed by atoms with van der Waals surface area (Å²) in [6.07, 6.45) is 1.96. The average molecular weight is 262 g/mol. The molecule has 1 aromatic carbocycles. The number of hydrogen-bond donors (Lipinski definition) is 2. The predicted octanol–water partition coefficient (Wildman–Crippen LogP) is 2.65. The summed E-state index contributed by atoms with van der Waals surface area (Å²) >= 11 is 0. The maximum atomic E-state index is 6.17. The van der Waals surface area contributed by atoms with Crippen LogP contribution in [0, 0.1) is 5.92 Å². The van der Waals surface area contributed by atoms with E-state index in [-0.39, 0.29) is 17.2 Å². The van der Waals surface area contributed by atoms with Crippen LogP contribution in [0.1, 0.15) is 39.7 Å². The Morgan fingerprint density at radius 3 is 2.37 bits per heavy atom. The van der Waals surface area contributed by atoms with Gasteiger partial charge in [0.05, 0.1) is 11.2 Å². The molecule has 1 heterocycles. The summed E-state index contributed by atoms with van der Waals surface area (Å²) in [6, 6.07) is 10.7. The van der Waals surface area contributed by atoms with E-state index in [4.69, 9.17) is 10.6 Å². The minimum Gasteiger partial charge on any atom is -0.369 e. The Kier molecular flexibility index (Phi) is 4.00. The van der Waals surface area contributed by atoms with Crippen molar-refractivity contribution in [3.8, 4) is 0 Å². The zero-order chi connectivity index (χ0) is 14.1. The van der Waals surface area contributed by atoms with Crippen molar-refractivity contribution in [1.82, 2.24) is 5.43 Å². The second-order valence-corrected chi connectivity index (χ2v) is 6.74. The van der Waals surface area contributed by atoms with Crippen molar-refractivity contribution >= 4 is 0 Å². The fraction of sp³-hybridized carbons (Fsp3) is 0.625. The molecular weight excluding hydrogens is 236 g/mol. The minimum atomic E-state index is -0.144. The van der Waals surface area contributed by atoms with Crippen LogP contribution >= 0.6 is 0 Å². The maximum Gasteiger partial charge on any atom is 0.0678 e. The van der Waals surface area contributed by atoms with Gasteiger partial charge in [-0.1, -0.05) is 30.3 Å². The molecule has 0 amide bonds. The van der Waals surface area contributed by atoms with E-state index >= 15 is 0 Å². The first-order valence-electron chi connectivity index (χ1n) is 7.04. The Balaban J connectivity index is 2.14. The zero-order valence-corrected chi connectivity index (χ0v) is 12.4. The van der Waals surface area contributed by atoms with Crippen molar-refractivity contribution in [1.29, 1.82) is 0 Å². The van der Waals surface area contributed by atoms with E-state index < -0.39 is 0 Å². The summed E-state index contributed by atoms with van der Waals surface area (Å²) < 4.78 is 6.17. The van der Waals surface area contributed by atoms with Crippen molar-refractivity contribution in [3.05, 3.63) is 35.9 Å². The molecule has 106 valence electrons. The summed E-state index contributed by atoms with van der Waals surface area (Å²) in [5.41, 5.74) is 4.10. The first-order chi connectivity index (χ1) is 8.84. The van der Waals surface area contributed by atoms with E-state index in [2.05, 4.69) is 57.4 Å². The lowest BCUT2D eigenvalue weighted by molar-refractivity contribution is -0.0776. The molecule has 1 aliphatic rings. The Morgan fingerprint density at radius 1 is 1.26 bits per heavy atom. The van der Waals surface area contributed by atoms with E-state index in [0.717, 1.165) is 12.8 Å². The molecule has 0 bridgehead atoms. The predicted molar refractivity (Wildman–Crippen MR) is 78.6 cm³/mol. The zero-order valence-electron chi connectivity index (χ0n) is 12.4. The molecule has 3 N–H and O–H groups in total. The van der Waals surface area contributed by atoms with Crippen molar-refractivity contribution < 1.29 is 4.74 Å². The second-order valence-electron chi connectivity index (χ2n) is 6.74. The lowest BCUT2D eigenvalue weighted by Crippen LogP contribution is -2.48. The highest BCUT2D eigenvalue weighted by Gasteiger charge is 2.48. The van der Waals surface area contributed by atoms with Crippen LogP contribution in [0.15, 0.2) is 30.3 Å². The van der Waals surface area contributed by atoms with Gasteiger partial charge >= 0.3 is 0 Å². The lowest BCUT2D eigenvalue weighted by atomic mass is 9.79.